The minimum absolute atomic E-state index is 0.00616. The third-order valence-electron chi connectivity index (χ3n) is 3.93. The molecule has 0 aromatic heterocycles. The number of hydrogen-bond donors (Lipinski definition) is 2. The van der Waals surface area contributed by atoms with Gasteiger partial charge in [0.2, 0.25) is 0 Å². The molecule has 0 heterocycles. The summed E-state index contributed by atoms with van der Waals surface area (Å²) >= 11 is 0. The highest BCUT2D eigenvalue weighted by atomic mass is 16.5. The minimum atomic E-state index is 0.00616. The van der Waals surface area contributed by atoms with Gasteiger partial charge in [-0.2, -0.15) is 0 Å². The first kappa shape index (κ1) is 14.5. The summed E-state index contributed by atoms with van der Waals surface area (Å²) in [5.74, 6) is 0.712. The Balaban J connectivity index is 2.00. The fourth-order valence-electron chi connectivity index (χ4n) is 2.50. The second-order valence-corrected chi connectivity index (χ2v) is 5.40. The average molecular weight is 263 g/mol. The summed E-state index contributed by atoms with van der Waals surface area (Å²) in [5.41, 5.74) is 2.48. The molecule has 1 aliphatic carbocycles. The Morgan fingerprint density at radius 1 is 1.32 bits per heavy atom. The van der Waals surface area contributed by atoms with E-state index in [1.807, 2.05) is 0 Å². The van der Waals surface area contributed by atoms with Crippen molar-refractivity contribution in [3.63, 3.8) is 0 Å². The summed E-state index contributed by atoms with van der Waals surface area (Å²) in [6, 6.07) is 8.87. The summed E-state index contributed by atoms with van der Waals surface area (Å²) in [6.45, 7) is 2.99. The number of aliphatic hydroxyl groups is 1. The number of nitrogens with one attached hydrogen (secondary N) is 1. The van der Waals surface area contributed by atoms with Gasteiger partial charge >= 0.3 is 0 Å². The van der Waals surface area contributed by atoms with Crippen LogP contribution in [0.4, 0.5) is 0 Å². The highest BCUT2D eigenvalue weighted by molar-refractivity contribution is 5.25. The van der Waals surface area contributed by atoms with Crippen molar-refractivity contribution in [2.24, 2.45) is 5.92 Å². The van der Waals surface area contributed by atoms with Crippen LogP contribution in [0.1, 0.15) is 36.9 Å². The summed E-state index contributed by atoms with van der Waals surface area (Å²) in [4.78, 5) is 0. The number of aryl methyl sites for hydroxylation is 1. The van der Waals surface area contributed by atoms with Crippen LogP contribution in [-0.4, -0.2) is 31.5 Å². The lowest BCUT2D eigenvalue weighted by atomic mass is 10.0. The van der Waals surface area contributed by atoms with Crippen molar-refractivity contribution < 1.29 is 9.84 Å². The third-order valence-corrected chi connectivity index (χ3v) is 3.93. The van der Waals surface area contributed by atoms with E-state index in [9.17, 15) is 5.11 Å². The first-order valence-corrected chi connectivity index (χ1v) is 7.23. The summed E-state index contributed by atoms with van der Waals surface area (Å²) in [7, 11) is 1.74. The molecule has 1 aromatic rings. The zero-order valence-electron chi connectivity index (χ0n) is 11.9. The van der Waals surface area contributed by atoms with Gasteiger partial charge in [-0.1, -0.05) is 31.2 Å². The number of aliphatic hydroxyl groups excluding tert-OH is 1. The number of rotatable bonds is 8. The van der Waals surface area contributed by atoms with Crippen LogP contribution in [-0.2, 0) is 11.2 Å². The van der Waals surface area contributed by atoms with E-state index in [0.717, 1.165) is 12.0 Å². The molecule has 0 saturated heterocycles. The average Bonchev–Trinajstić information content (AvgIpc) is 3.28. The molecule has 0 spiro atoms. The van der Waals surface area contributed by atoms with E-state index < -0.39 is 0 Å². The van der Waals surface area contributed by atoms with Gasteiger partial charge in [-0.3, -0.25) is 0 Å². The van der Waals surface area contributed by atoms with Gasteiger partial charge in [-0.15, -0.1) is 0 Å². The molecule has 3 nitrogen and oxygen atoms in total. The van der Waals surface area contributed by atoms with E-state index in [1.54, 1.807) is 7.11 Å². The van der Waals surface area contributed by atoms with Gasteiger partial charge in [-0.25, -0.2) is 0 Å². The predicted octanol–water partition coefficient (Wildman–Crippen LogP) is 2.30. The summed E-state index contributed by atoms with van der Waals surface area (Å²) < 4.78 is 5.28. The van der Waals surface area contributed by atoms with Crippen LogP contribution in [0.3, 0.4) is 0 Å². The van der Waals surface area contributed by atoms with Crippen LogP contribution in [0.2, 0.25) is 0 Å². The zero-order chi connectivity index (χ0) is 13.7. The Morgan fingerprint density at radius 3 is 2.47 bits per heavy atom. The van der Waals surface area contributed by atoms with E-state index in [0.29, 0.717) is 18.6 Å². The molecule has 1 aromatic carbocycles. The van der Waals surface area contributed by atoms with Gasteiger partial charge in [0.15, 0.2) is 0 Å². The molecule has 0 bridgehead atoms. The van der Waals surface area contributed by atoms with Crippen molar-refractivity contribution in [3.05, 3.63) is 35.4 Å². The van der Waals surface area contributed by atoms with Gasteiger partial charge in [0.05, 0.1) is 19.3 Å². The largest absolute Gasteiger partial charge is 0.394 e. The van der Waals surface area contributed by atoms with E-state index in [4.69, 9.17) is 4.74 Å². The number of benzene rings is 1. The molecule has 2 atom stereocenters. The Morgan fingerprint density at radius 2 is 2.00 bits per heavy atom. The van der Waals surface area contributed by atoms with Crippen LogP contribution >= 0.6 is 0 Å². The molecule has 106 valence electrons. The topological polar surface area (TPSA) is 41.5 Å². The molecule has 2 N–H and O–H groups in total. The van der Waals surface area contributed by atoms with Crippen molar-refractivity contribution in [2.75, 3.05) is 20.3 Å². The molecule has 0 amide bonds. The summed E-state index contributed by atoms with van der Waals surface area (Å²) in [5, 5.41) is 13.2. The summed E-state index contributed by atoms with van der Waals surface area (Å²) in [6.07, 6.45) is 3.59. The van der Waals surface area contributed by atoms with Gasteiger partial charge < -0.3 is 15.2 Å². The molecule has 2 unspecified atom stereocenters. The van der Waals surface area contributed by atoms with Crippen molar-refractivity contribution >= 4 is 0 Å². The van der Waals surface area contributed by atoms with Crippen LogP contribution in [0, 0.1) is 5.92 Å². The van der Waals surface area contributed by atoms with Gasteiger partial charge in [0, 0.05) is 13.2 Å². The van der Waals surface area contributed by atoms with Crippen molar-refractivity contribution in [1.82, 2.24) is 5.32 Å². The highest BCUT2D eigenvalue weighted by Crippen LogP contribution is 2.33. The SMILES string of the molecule is CCc1ccc(C(CO)NC(COC)C2CC2)cc1. The van der Waals surface area contributed by atoms with Gasteiger partial charge in [0.25, 0.3) is 0 Å². The van der Waals surface area contributed by atoms with Crippen LogP contribution < -0.4 is 5.32 Å². The zero-order valence-corrected chi connectivity index (χ0v) is 11.9. The van der Waals surface area contributed by atoms with Crippen LogP contribution in [0.15, 0.2) is 24.3 Å². The van der Waals surface area contributed by atoms with Crippen molar-refractivity contribution in [3.8, 4) is 0 Å². The Hall–Kier alpha value is -0.900. The number of ether oxygens (including phenoxy) is 1. The molecule has 1 fully saturated rings. The molecule has 0 aliphatic heterocycles. The fraction of sp³-hybridized carbons (Fsp3) is 0.625. The van der Waals surface area contributed by atoms with Crippen LogP contribution in [0.5, 0.6) is 0 Å². The molecule has 19 heavy (non-hydrogen) atoms. The second kappa shape index (κ2) is 7.04. The normalized spacial score (nSPS) is 18.3. The van der Waals surface area contributed by atoms with Crippen molar-refractivity contribution in [1.29, 1.82) is 0 Å². The lowest BCUT2D eigenvalue weighted by molar-refractivity contribution is 0.139. The molecule has 0 radical (unpaired) electrons. The Bertz CT molecular complexity index is 373. The third kappa shape index (κ3) is 4.03. The number of methoxy groups -OCH3 is 1. The van der Waals surface area contributed by atoms with Gasteiger partial charge in [0.1, 0.15) is 0 Å². The fourth-order valence-corrected chi connectivity index (χ4v) is 2.50. The predicted molar refractivity (Wildman–Crippen MR) is 77.2 cm³/mol. The second-order valence-electron chi connectivity index (χ2n) is 5.40. The molecular weight excluding hydrogens is 238 g/mol. The maximum absolute atomic E-state index is 9.62. The standard InChI is InChI=1S/C16H25NO2/c1-3-12-4-6-13(7-5-12)15(10-18)17-16(11-19-2)14-8-9-14/h4-7,14-18H,3,8-11H2,1-2H3. The van der Waals surface area contributed by atoms with E-state index in [1.165, 1.54) is 18.4 Å². The van der Waals surface area contributed by atoms with E-state index in [-0.39, 0.29) is 12.6 Å². The van der Waals surface area contributed by atoms with E-state index in [2.05, 4.69) is 36.5 Å². The Kier molecular flexibility index (Phi) is 5.37. The lowest BCUT2D eigenvalue weighted by Gasteiger charge is -2.24. The molecular formula is C16H25NO2. The maximum Gasteiger partial charge on any atom is 0.0626 e. The molecule has 2 rings (SSSR count). The van der Waals surface area contributed by atoms with Crippen molar-refractivity contribution in [2.45, 2.75) is 38.3 Å². The molecule has 1 saturated carbocycles. The van der Waals surface area contributed by atoms with Gasteiger partial charge in [-0.05, 0) is 36.3 Å². The molecule has 1 aliphatic rings. The first-order valence-electron chi connectivity index (χ1n) is 7.23. The molecule has 3 heteroatoms. The van der Waals surface area contributed by atoms with E-state index >= 15 is 0 Å². The number of hydrogen-bond acceptors (Lipinski definition) is 3. The quantitative estimate of drug-likeness (QED) is 0.756. The Labute approximate surface area is 116 Å². The maximum atomic E-state index is 9.62. The highest BCUT2D eigenvalue weighted by Gasteiger charge is 2.32. The monoisotopic (exact) mass is 263 g/mol. The minimum Gasteiger partial charge on any atom is -0.394 e. The van der Waals surface area contributed by atoms with Crippen LogP contribution in [0.25, 0.3) is 0 Å². The first-order chi connectivity index (χ1) is 9.28. The lowest BCUT2D eigenvalue weighted by Crippen LogP contribution is -2.39. The smallest absolute Gasteiger partial charge is 0.0626 e.